The number of carbonyl (C=O) groups is 1. The van der Waals surface area contributed by atoms with Crippen molar-refractivity contribution in [1.82, 2.24) is 5.43 Å². The molecule has 7 heteroatoms. The van der Waals surface area contributed by atoms with Gasteiger partial charge in [-0.05, 0) is 24.1 Å². The van der Waals surface area contributed by atoms with Crippen LogP contribution >= 0.6 is 11.6 Å². The summed E-state index contributed by atoms with van der Waals surface area (Å²) in [5.41, 5.74) is 7.63. The molecule has 0 saturated heterocycles. The van der Waals surface area contributed by atoms with Crippen LogP contribution in [-0.2, 0) is 0 Å². The summed E-state index contributed by atoms with van der Waals surface area (Å²) in [6.07, 6.45) is 2.27. The van der Waals surface area contributed by atoms with Gasteiger partial charge in [0.25, 0.3) is 0 Å². The number of carbonyl (C=O) groups excluding carboxylic acids is 1. The van der Waals surface area contributed by atoms with E-state index in [1.165, 1.54) is 13.3 Å². The molecular formula is C12H16ClN3O3. The summed E-state index contributed by atoms with van der Waals surface area (Å²) in [7, 11) is 1.52. The monoisotopic (exact) mass is 285 g/mol. The first-order valence-electron chi connectivity index (χ1n) is 5.67. The molecule has 0 aliphatic rings. The number of nitrogens with zero attached hydrogens (tertiary/aromatic N) is 1. The molecule has 6 nitrogen and oxygen atoms in total. The van der Waals surface area contributed by atoms with Crippen LogP contribution in [0, 0.1) is 0 Å². The fourth-order valence-electron chi connectivity index (χ4n) is 1.33. The number of nitrogens with one attached hydrogen (secondary N) is 1. The van der Waals surface area contributed by atoms with E-state index >= 15 is 0 Å². The lowest BCUT2D eigenvalue weighted by Gasteiger charge is -2.12. The Labute approximate surface area is 116 Å². The van der Waals surface area contributed by atoms with E-state index in [9.17, 15) is 4.79 Å². The second-order valence-electron chi connectivity index (χ2n) is 3.62. The molecule has 1 rings (SSSR count). The van der Waals surface area contributed by atoms with E-state index < -0.39 is 6.03 Å². The normalized spacial score (nSPS) is 10.5. The molecule has 3 N–H and O–H groups in total. The van der Waals surface area contributed by atoms with Crippen LogP contribution in [-0.4, -0.2) is 26.0 Å². The second-order valence-corrected chi connectivity index (χ2v) is 4.02. The number of methoxy groups -OCH3 is 1. The van der Waals surface area contributed by atoms with E-state index in [2.05, 4.69) is 10.5 Å². The summed E-state index contributed by atoms with van der Waals surface area (Å²) < 4.78 is 10.7. The highest BCUT2D eigenvalue weighted by Crippen LogP contribution is 2.36. The first-order chi connectivity index (χ1) is 9.08. The Hall–Kier alpha value is -1.95. The minimum Gasteiger partial charge on any atom is -0.493 e. The summed E-state index contributed by atoms with van der Waals surface area (Å²) >= 11 is 6.11. The largest absolute Gasteiger partial charge is 0.493 e. The van der Waals surface area contributed by atoms with Gasteiger partial charge in [-0.25, -0.2) is 10.2 Å². The van der Waals surface area contributed by atoms with E-state index in [4.69, 9.17) is 26.8 Å². The number of hydrogen-bond donors (Lipinski definition) is 2. The molecule has 0 spiro atoms. The van der Waals surface area contributed by atoms with Gasteiger partial charge in [-0.2, -0.15) is 5.10 Å². The molecule has 104 valence electrons. The molecule has 2 amide bonds. The maximum absolute atomic E-state index is 10.5. The molecule has 0 saturated carbocycles. The van der Waals surface area contributed by atoms with Crippen molar-refractivity contribution in [2.75, 3.05) is 13.7 Å². The first kappa shape index (κ1) is 15.1. The highest BCUT2D eigenvalue weighted by molar-refractivity contribution is 6.32. The van der Waals surface area contributed by atoms with Gasteiger partial charge in [-0.15, -0.1) is 0 Å². The highest BCUT2D eigenvalue weighted by Gasteiger charge is 2.11. The van der Waals surface area contributed by atoms with Crippen LogP contribution < -0.4 is 20.6 Å². The zero-order valence-corrected chi connectivity index (χ0v) is 11.5. The van der Waals surface area contributed by atoms with Gasteiger partial charge < -0.3 is 15.2 Å². The predicted octanol–water partition coefficient (Wildman–Crippen LogP) is 2.14. The summed E-state index contributed by atoms with van der Waals surface area (Å²) in [5, 5.41) is 4.06. The molecule has 0 aliphatic heterocycles. The minimum atomic E-state index is -0.739. The highest BCUT2D eigenvalue weighted by atomic mass is 35.5. The van der Waals surface area contributed by atoms with E-state index in [0.717, 1.165) is 6.42 Å². The summed E-state index contributed by atoms with van der Waals surface area (Å²) in [4.78, 5) is 10.5. The van der Waals surface area contributed by atoms with Gasteiger partial charge in [0.1, 0.15) is 0 Å². The topological polar surface area (TPSA) is 85.9 Å². The smallest absolute Gasteiger partial charge is 0.332 e. The van der Waals surface area contributed by atoms with Crippen molar-refractivity contribution in [3.8, 4) is 11.5 Å². The Morgan fingerprint density at radius 1 is 1.58 bits per heavy atom. The number of primary amides is 1. The SMILES string of the molecule is CCCOc1c(Cl)cc(/C=N/NC(N)=O)cc1OC. The summed E-state index contributed by atoms with van der Waals surface area (Å²) in [6.45, 7) is 2.55. The molecular weight excluding hydrogens is 270 g/mol. The van der Waals surface area contributed by atoms with Crippen LogP contribution in [0.4, 0.5) is 4.79 Å². The third kappa shape index (κ3) is 4.67. The summed E-state index contributed by atoms with van der Waals surface area (Å²) in [5.74, 6) is 0.993. The van der Waals surface area contributed by atoms with E-state index in [1.54, 1.807) is 12.1 Å². The van der Waals surface area contributed by atoms with E-state index in [0.29, 0.717) is 28.7 Å². The number of rotatable bonds is 6. The fourth-order valence-corrected chi connectivity index (χ4v) is 1.60. The van der Waals surface area contributed by atoms with Gasteiger partial charge in [0.15, 0.2) is 11.5 Å². The molecule has 0 aliphatic carbocycles. The molecule has 0 heterocycles. The molecule has 0 atom stereocenters. The Morgan fingerprint density at radius 2 is 2.32 bits per heavy atom. The van der Waals surface area contributed by atoms with E-state index in [1.807, 2.05) is 6.92 Å². The lowest BCUT2D eigenvalue weighted by molar-refractivity contribution is 0.249. The van der Waals surface area contributed by atoms with Crippen molar-refractivity contribution in [1.29, 1.82) is 0 Å². The van der Waals surface area contributed by atoms with Crippen molar-refractivity contribution < 1.29 is 14.3 Å². The lowest BCUT2D eigenvalue weighted by atomic mass is 10.2. The zero-order valence-electron chi connectivity index (χ0n) is 10.8. The molecule has 0 radical (unpaired) electrons. The number of benzene rings is 1. The number of halogens is 1. The number of urea groups is 1. The van der Waals surface area contributed by atoms with Gasteiger partial charge in [-0.3, -0.25) is 0 Å². The predicted molar refractivity (Wildman–Crippen MR) is 74.1 cm³/mol. The number of hydrazone groups is 1. The lowest BCUT2D eigenvalue weighted by Crippen LogP contribution is -2.24. The van der Waals surface area contributed by atoms with Crippen molar-refractivity contribution in [3.05, 3.63) is 22.7 Å². The fraction of sp³-hybridized carbons (Fsp3) is 0.333. The second kappa shape index (κ2) is 7.48. The van der Waals surface area contributed by atoms with Gasteiger partial charge in [0.05, 0.1) is 25.0 Å². The quantitative estimate of drug-likeness (QED) is 0.620. The molecule has 1 aromatic rings. The zero-order chi connectivity index (χ0) is 14.3. The van der Waals surface area contributed by atoms with Gasteiger partial charge >= 0.3 is 6.03 Å². The molecule has 1 aromatic carbocycles. The van der Waals surface area contributed by atoms with Crippen molar-refractivity contribution in [2.45, 2.75) is 13.3 Å². The molecule has 0 fully saturated rings. The van der Waals surface area contributed by atoms with Gasteiger partial charge in [0, 0.05) is 0 Å². The van der Waals surface area contributed by atoms with Crippen LogP contribution in [0.3, 0.4) is 0 Å². The Kier molecular flexibility index (Phi) is 5.95. The van der Waals surface area contributed by atoms with Crippen LogP contribution in [0.25, 0.3) is 0 Å². The third-order valence-electron chi connectivity index (χ3n) is 2.09. The Morgan fingerprint density at radius 3 is 2.89 bits per heavy atom. The number of ether oxygens (including phenoxy) is 2. The van der Waals surface area contributed by atoms with Crippen molar-refractivity contribution in [3.63, 3.8) is 0 Å². The minimum absolute atomic E-state index is 0.410. The van der Waals surface area contributed by atoms with E-state index in [-0.39, 0.29) is 0 Å². The maximum Gasteiger partial charge on any atom is 0.332 e. The maximum atomic E-state index is 10.5. The van der Waals surface area contributed by atoms with Crippen LogP contribution in [0.5, 0.6) is 11.5 Å². The molecule has 0 unspecified atom stereocenters. The first-order valence-corrected chi connectivity index (χ1v) is 6.05. The summed E-state index contributed by atoms with van der Waals surface area (Å²) in [6, 6.07) is 2.61. The molecule has 0 bridgehead atoms. The Bertz CT molecular complexity index is 478. The number of amides is 2. The van der Waals surface area contributed by atoms with Crippen LogP contribution in [0.15, 0.2) is 17.2 Å². The standard InChI is InChI=1S/C12H16ClN3O3/c1-3-4-19-11-9(13)5-8(6-10(11)18-2)7-15-16-12(14)17/h5-7H,3-4H2,1-2H3,(H3,14,16,17)/b15-7+. The average Bonchev–Trinajstić information content (AvgIpc) is 2.36. The number of nitrogens with two attached hydrogens (primary N) is 1. The Balaban J connectivity index is 2.95. The third-order valence-corrected chi connectivity index (χ3v) is 2.37. The number of hydrogen-bond acceptors (Lipinski definition) is 4. The van der Waals surface area contributed by atoms with Crippen LogP contribution in [0.1, 0.15) is 18.9 Å². The van der Waals surface area contributed by atoms with Gasteiger partial charge in [-0.1, -0.05) is 18.5 Å². The van der Waals surface area contributed by atoms with Crippen molar-refractivity contribution in [2.24, 2.45) is 10.8 Å². The molecule has 0 aromatic heterocycles. The molecule has 19 heavy (non-hydrogen) atoms. The van der Waals surface area contributed by atoms with Gasteiger partial charge in [0.2, 0.25) is 0 Å². The average molecular weight is 286 g/mol. The van der Waals surface area contributed by atoms with Crippen molar-refractivity contribution >= 4 is 23.8 Å². The van der Waals surface area contributed by atoms with Crippen LogP contribution in [0.2, 0.25) is 5.02 Å².